The SMILES string of the molecule is C=C/C=C\N=C(C)C(C=C)=N/C=C\C=C. The van der Waals surface area contributed by atoms with E-state index in [0.29, 0.717) is 0 Å². The van der Waals surface area contributed by atoms with Crippen molar-refractivity contribution in [3.8, 4) is 0 Å². The highest BCUT2D eigenvalue weighted by Crippen LogP contribution is 1.90. The Balaban J connectivity index is 4.73. The van der Waals surface area contributed by atoms with E-state index >= 15 is 0 Å². The van der Waals surface area contributed by atoms with Crippen LogP contribution in [0.2, 0.25) is 0 Å². The van der Waals surface area contributed by atoms with Crippen LogP contribution in [0.3, 0.4) is 0 Å². The number of aliphatic imine (C=N–C) groups is 2. The molecule has 0 atom stereocenters. The van der Waals surface area contributed by atoms with Crippen molar-refractivity contribution in [2.45, 2.75) is 6.92 Å². The molecule has 0 unspecified atom stereocenters. The molecule has 2 heteroatoms. The van der Waals surface area contributed by atoms with Gasteiger partial charge in [0.1, 0.15) is 0 Å². The molecule has 0 aliphatic heterocycles. The summed E-state index contributed by atoms with van der Waals surface area (Å²) in [6, 6.07) is 0. The Morgan fingerprint density at radius 1 is 0.933 bits per heavy atom. The van der Waals surface area contributed by atoms with E-state index in [9.17, 15) is 0 Å². The highest BCUT2D eigenvalue weighted by molar-refractivity contribution is 6.45. The molecule has 0 aromatic heterocycles. The summed E-state index contributed by atoms with van der Waals surface area (Å²) in [6.45, 7) is 12.7. The summed E-state index contributed by atoms with van der Waals surface area (Å²) >= 11 is 0. The van der Waals surface area contributed by atoms with Gasteiger partial charge in [0.05, 0.1) is 11.4 Å². The number of hydrogen-bond acceptors (Lipinski definition) is 2. The fraction of sp³-hybridized carbons (Fsp3) is 0.0769. The summed E-state index contributed by atoms with van der Waals surface area (Å²) in [5.74, 6) is 0. The van der Waals surface area contributed by atoms with E-state index in [1.54, 1.807) is 42.8 Å². The maximum Gasteiger partial charge on any atom is 0.0835 e. The van der Waals surface area contributed by atoms with Gasteiger partial charge >= 0.3 is 0 Å². The molecule has 0 amide bonds. The third kappa shape index (κ3) is 6.16. The van der Waals surface area contributed by atoms with E-state index < -0.39 is 0 Å². The Labute approximate surface area is 91.5 Å². The Morgan fingerprint density at radius 3 is 1.93 bits per heavy atom. The van der Waals surface area contributed by atoms with E-state index in [-0.39, 0.29) is 0 Å². The standard InChI is InChI=1S/C13H16N2/c1-5-8-10-14-12(4)13(7-3)15-11-9-6-2/h5-11H,1-3H2,4H3/b10-8-,11-9-,14-12?,15-13?. The predicted octanol–water partition coefficient (Wildman–Crippen LogP) is 3.47. The fourth-order valence-electron chi connectivity index (χ4n) is 0.760. The predicted molar refractivity (Wildman–Crippen MR) is 69.4 cm³/mol. The van der Waals surface area contributed by atoms with Crippen LogP contribution in [0, 0.1) is 0 Å². The first-order valence-electron chi connectivity index (χ1n) is 4.56. The number of rotatable bonds is 6. The lowest BCUT2D eigenvalue weighted by molar-refractivity contribution is 1.52. The largest absolute Gasteiger partial charge is 0.259 e. The molecular weight excluding hydrogens is 184 g/mol. The summed E-state index contributed by atoms with van der Waals surface area (Å²) in [6.07, 6.45) is 11.8. The van der Waals surface area contributed by atoms with E-state index in [1.165, 1.54) is 0 Å². The lowest BCUT2D eigenvalue weighted by Crippen LogP contribution is -2.05. The summed E-state index contributed by atoms with van der Waals surface area (Å²) in [4.78, 5) is 8.33. The third-order valence-electron chi connectivity index (χ3n) is 1.49. The molecule has 0 radical (unpaired) electrons. The van der Waals surface area contributed by atoms with Gasteiger partial charge in [0.15, 0.2) is 0 Å². The molecule has 0 heterocycles. The van der Waals surface area contributed by atoms with Gasteiger partial charge in [-0.1, -0.05) is 31.9 Å². The summed E-state index contributed by atoms with van der Waals surface area (Å²) < 4.78 is 0. The van der Waals surface area contributed by atoms with Crippen molar-refractivity contribution >= 4 is 11.4 Å². The quantitative estimate of drug-likeness (QED) is 0.463. The topological polar surface area (TPSA) is 24.7 Å². The highest BCUT2D eigenvalue weighted by atomic mass is 14.8. The summed E-state index contributed by atoms with van der Waals surface area (Å²) in [5.41, 5.74) is 1.54. The molecule has 0 saturated carbocycles. The van der Waals surface area contributed by atoms with Crippen LogP contribution in [0.15, 0.2) is 72.5 Å². The van der Waals surface area contributed by atoms with Crippen molar-refractivity contribution in [2.24, 2.45) is 9.98 Å². The van der Waals surface area contributed by atoms with Gasteiger partial charge in [0, 0.05) is 12.4 Å². The van der Waals surface area contributed by atoms with Gasteiger partial charge in [-0.3, -0.25) is 9.98 Å². The molecule has 0 aliphatic carbocycles. The Kier molecular flexibility index (Phi) is 7.50. The van der Waals surface area contributed by atoms with Crippen LogP contribution in [0.1, 0.15) is 6.92 Å². The van der Waals surface area contributed by atoms with Crippen LogP contribution < -0.4 is 0 Å². The van der Waals surface area contributed by atoms with Crippen LogP contribution in [0.25, 0.3) is 0 Å². The van der Waals surface area contributed by atoms with E-state index in [0.717, 1.165) is 11.4 Å². The van der Waals surface area contributed by atoms with Crippen molar-refractivity contribution in [2.75, 3.05) is 0 Å². The van der Waals surface area contributed by atoms with Gasteiger partial charge in [0.25, 0.3) is 0 Å². The van der Waals surface area contributed by atoms with Crippen molar-refractivity contribution in [3.05, 3.63) is 62.5 Å². The summed E-state index contributed by atoms with van der Waals surface area (Å²) in [5, 5.41) is 0. The second kappa shape index (κ2) is 8.63. The number of allylic oxidation sites excluding steroid dienone is 5. The number of nitrogens with zero attached hydrogens (tertiary/aromatic N) is 2. The lowest BCUT2D eigenvalue weighted by Gasteiger charge is -1.95. The molecule has 0 aromatic carbocycles. The monoisotopic (exact) mass is 200 g/mol. The maximum absolute atomic E-state index is 4.17. The van der Waals surface area contributed by atoms with Crippen LogP contribution in [-0.2, 0) is 0 Å². The normalized spacial score (nSPS) is 13.4. The molecule has 78 valence electrons. The lowest BCUT2D eigenvalue weighted by atomic mass is 10.2. The molecule has 15 heavy (non-hydrogen) atoms. The molecule has 2 nitrogen and oxygen atoms in total. The van der Waals surface area contributed by atoms with Gasteiger partial charge in [-0.2, -0.15) is 0 Å². The van der Waals surface area contributed by atoms with Crippen molar-refractivity contribution in [1.82, 2.24) is 0 Å². The Bertz CT molecular complexity index is 342. The average molecular weight is 200 g/mol. The van der Waals surface area contributed by atoms with E-state index in [4.69, 9.17) is 0 Å². The van der Waals surface area contributed by atoms with Gasteiger partial charge in [-0.15, -0.1) is 0 Å². The van der Waals surface area contributed by atoms with Gasteiger partial charge < -0.3 is 0 Å². The second-order valence-electron chi connectivity index (χ2n) is 2.59. The van der Waals surface area contributed by atoms with E-state index in [1.807, 2.05) is 6.92 Å². The third-order valence-corrected chi connectivity index (χ3v) is 1.49. The minimum Gasteiger partial charge on any atom is -0.259 e. The first-order chi connectivity index (χ1) is 7.26. The minimum atomic E-state index is 0.738. The van der Waals surface area contributed by atoms with E-state index in [2.05, 4.69) is 29.7 Å². The zero-order valence-corrected chi connectivity index (χ0v) is 9.06. The van der Waals surface area contributed by atoms with Crippen LogP contribution in [-0.4, -0.2) is 11.4 Å². The molecule has 0 fully saturated rings. The minimum absolute atomic E-state index is 0.738. The molecule has 0 aliphatic rings. The van der Waals surface area contributed by atoms with Crippen LogP contribution in [0.5, 0.6) is 0 Å². The Hall–Kier alpha value is -1.96. The fourth-order valence-corrected chi connectivity index (χ4v) is 0.760. The van der Waals surface area contributed by atoms with Crippen molar-refractivity contribution in [1.29, 1.82) is 0 Å². The molecule has 0 saturated heterocycles. The average Bonchev–Trinajstić information content (AvgIpc) is 2.24. The Morgan fingerprint density at radius 2 is 1.47 bits per heavy atom. The smallest absolute Gasteiger partial charge is 0.0835 e. The number of hydrogen-bond donors (Lipinski definition) is 0. The maximum atomic E-state index is 4.17. The van der Waals surface area contributed by atoms with Crippen molar-refractivity contribution < 1.29 is 0 Å². The zero-order chi connectivity index (χ0) is 11.5. The van der Waals surface area contributed by atoms with Gasteiger partial charge in [-0.05, 0) is 25.2 Å². The van der Waals surface area contributed by atoms with Crippen molar-refractivity contribution in [3.63, 3.8) is 0 Å². The molecular formula is C13H16N2. The second-order valence-corrected chi connectivity index (χ2v) is 2.59. The summed E-state index contributed by atoms with van der Waals surface area (Å²) in [7, 11) is 0. The van der Waals surface area contributed by atoms with Crippen LogP contribution in [0.4, 0.5) is 0 Å². The first kappa shape index (κ1) is 13.0. The van der Waals surface area contributed by atoms with Gasteiger partial charge in [-0.25, -0.2) is 0 Å². The highest BCUT2D eigenvalue weighted by Gasteiger charge is 1.94. The molecule has 0 spiro atoms. The molecule has 0 aromatic rings. The molecule has 0 bridgehead atoms. The zero-order valence-electron chi connectivity index (χ0n) is 9.06. The van der Waals surface area contributed by atoms with Gasteiger partial charge in [0.2, 0.25) is 0 Å². The molecule has 0 rings (SSSR count). The van der Waals surface area contributed by atoms with Crippen LogP contribution >= 0.6 is 0 Å². The molecule has 0 N–H and O–H groups in total. The first-order valence-corrected chi connectivity index (χ1v) is 4.56.